The Labute approximate surface area is 166 Å². The minimum Gasteiger partial charge on any atom is -0.260 e. The van der Waals surface area contributed by atoms with Gasteiger partial charge >= 0.3 is 0 Å². The van der Waals surface area contributed by atoms with Crippen LogP contribution in [0.25, 0.3) is 28.0 Å². The van der Waals surface area contributed by atoms with E-state index >= 15 is 0 Å². The fraction of sp³-hybridized carbons (Fsp3) is 0.231. The number of hydrogen-bond acceptors (Lipinski definition) is 2. The molecule has 1 unspecified atom stereocenters. The van der Waals surface area contributed by atoms with Gasteiger partial charge in [-0.25, -0.2) is 0 Å². The fourth-order valence-corrected chi connectivity index (χ4v) is 4.44. The summed E-state index contributed by atoms with van der Waals surface area (Å²) in [5, 5.41) is 0. The monoisotopic (exact) mass is 364 g/mol. The minimum absolute atomic E-state index is 0.358. The number of benzene rings is 2. The van der Waals surface area contributed by atoms with E-state index in [2.05, 4.69) is 67.4 Å². The highest BCUT2D eigenvalue weighted by molar-refractivity contribution is 5.88. The molecule has 0 fully saturated rings. The first-order valence-corrected chi connectivity index (χ1v) is 10.1. The molecular weight excluding hydrogens is 340 g/mol. The molecule has 138 valence electrons. The topological polar surface area (TPSA) is 25.2 Å². The van der Waals surface area contributed by atoms with Gasteiger partial charge in [-0.05, 0) is 72.7 Å². The molecule has 0 saturated heterocycles. The van der Waals surface area contributed by atoms with Crippen LogP contribution in [0, 0.1) is 5.92 Å². The van der Waals surface area contributed by atoms with Gasteiger partial charge in [0.15, 0.2) is 0 Å². The lowest BCUT2D eigenvalue weighted by Gasteiger charge is -2.13. The van der Waals surface area contributed by atoms with Crippen LogP contribution in [0.3, 0.4) is 0 Å². The number of aryl methyl sites for hydroxylation is 2. The number of fused-ring (bicyclic) bond motifs is 2. The van der Waals surface area contributed by atoms with Crippen molar-refractivity contribution in [1.29, 1.82) is 0 Å². The molecule has 2 heteroatoms. The second kappa shape index (κ2) is 6.87. The van der Waals surface area contributed by atoms with Crippen LogP contribution in [-0.4, -0.2) is 11.2 Å². The summed E-state index contributed by atoms with van der Waals surface area (Å²) < 4.78 is 0. The molecule has 2 heterocycles. The highest BCUT2D eigenvalue weighted by Gasteiger charge is 2.16. The van der Waals surface area contributed by atoms with Gasteiger partial charge in [0.05, 0.1) is 11.4 Å². The summed E-state index contributed by atoms with van der Waals surface area (Å²) in [4.78, 5) is 9.45. The lowest BCUT2D eigenvalue weighted by Crippen LogP contribution is -1.92. The summed E-state index contributed by atoms with van der Waals surface area (Å²) in [5.41, 5.74) is 11.2. The van der Waals surface area contributed by atoms with Gasteiger partial charge in [-0.3, -0.25) is 9.98 Å². The molecular formula is C26H24N2. The van der Waals surface area contributed by atoms with Crippen molar-refractivity contribution in [2.75, 3.05) is 0 Å². The molecule has 2 nitrogen and oxygen atoms in total. The smallest absolute Gasteiger partial charge is 0.0780 e. The number of hydrogen-bond donors (Lipinski definition) is 0. The lowest BCUT2D eigenvalue weighted by molar-refractivity contribution is 0.912. The molecule has 1 aromatic heterocycles. The van der Waals surface area contributed by atoms with Gasteiger partial charge in [0, 0.05) is 35.0 Å². The summed E-state index contributed by atoms with van der Waals surface area (Å²) in [6.07, 6.45) is 9.86. The molecule has 1 aliphatic carbocycles. The van der Waals surface area contributed by atoms with Crippen LogP contribution < -0.4 is 0 Å². The van der Waals surface area contributed by atoms with Gasteiger partial charge in [-0.2, -0.15) is 0 Å². The highest BCUT2D eigenvalue weighted by atomic mass is 14.7. The van der Waals surface area contributed by atoms with Crippen LogP contribution in [0.1, 0.15) is 37.0 Å². The number of pyridine rings is 1. The molecule has 0 amide bonds. The van der Waals surface area contributed by atoms with Gasteiger partial charge in [-0.1, -0.05) is 37.3 Å². The predicted octanol–water partition coefficient (Wildman–Crippen LogP) is 6.66. The predicted molar refractivity (Wildman–Crippen MR) is 118 cm³/mol. The van der Waals surface area contributed by atoms with Crippen molar-refractivity contribution in [3.63, 3.8) is 0 Å². The molecule has 0 radical (unpaired) electrons. The largest absolute Gasteiger partial charge is 0.260 e. The molecule has 2 aromatic carbocycles. The molecule has 1 aliphatic heterocycles. The van der Waals surface area contributed by atoms with E-state index in [0.717, 1.165) is 11.4 Å². The van der Waals surface area contributed by atoms with Crippen molar-refractivity contribution in [2.45, 2.75) is 33.1 Å². The maximum atomic E-state index is 4.77. The van der Waals surface area contributed by atoms with Crippen molar-refractivity contribution < 1.29 is 0 Å². The quantitative estimate of drug-likeness (QED) is 0.499. The highest BCUT2D eigenvalue weighted by Crippen LogP contribution is 2.37. The van der Waals surface area contributed by atoms with Gasteiger partial charge in [0.1, 0.15) is 0 Å². The van der Waals surface area contributed by atoms with Crippen LogP contribution in [-0.2, 0) is 12.8 Å². The number of aliphatic imine (C=N–C) groups is 1. The molecule has 0 spiro atoms. The Morgan fingerprint density at radius 3 is 2.68 bits per heavy atom. The number of rotatable bonds is 2. The van der Waals surface area contributed by atoms with Crippen LogP contribution in [0.5, 0.6) is 0 Å². The van der Waals surface area contributed by atoms with E-state index in [1.54, 1.807) is 0 Å². The van der Waals surface area contributed by atoms with E-state index in [0.29, 0.717) is 5.92 Å². The molecule has 0 saturated carbocycles. The van der Waals surface area contributed by atoms with Gasteiger partial charge in [-0.15, -0.1) is 0 Å². The summed E-state index contributed by atoms with van der Waals surface area (Å²) >= 11 is 0. The summed E-state index contributed by atoms with van der Waals surface area (Å²) in [6.45, 7) is 4.35. The summed E-state index contributed by atoms with van der Waals surface area (Å²) in [6, 6.07) is 17.6. The maximum Gasteiger partial charge on any atom is 0.0780 e. The van der Waals surface area contributed by atoms with Crippen LogP contribution in [0.2, 0.25) is 0 Å². The Bertz CT molecular complexity index is 1120. The number of nitrogens with zero attached hydrogens (tertiary/aromatic N) is 2. The Morgan fingerprint density at radius 2 is 1.75 bits per heavy atom. The zero-order valence-corrected chi connectivity index (χ0v) is 16.4. The number of allylic oxidation sites excluding steroid dienone is 2. The van der Waals surface area contributed by atoms with E-state index in [1.807, 2.05) is 18.5 Å². The average molecular weight is 364 g/mol. The van der Waals surface area contributed by atoms with Gasteiger partial charge in [0.25, 0.3) is 0 Å². The third kappa shape index (κ3) is 2.99. The van der Waals surface area contributed by atoms with Crippen LogP contribution in [0.4, 0.5) is 5.69 Å². The van der Waals surface area contributed by atoms with Crippen molar-refractivity contribution in [1.82, 2.24) is 4.98 Å². The first kappa shape index (κ1) is 17.1. The normalized spacial score (nSPS) is 17.6. The van der Waals surface area contributed by atoms with Crippen molar-refractivity contribution >= 4 is 17.5 Å². The molecule has 5 rings (SSSR count). The third-order valence-corrected chi connectivity index (χ3v) is 5.87. The molecule has 2 aliphatic rings. The molecule has 0 bridgehead atoms. The fourth-order valence-electron chi connectivity index (χ4n) is 4.44. The molecule has 3 aromatic rings. The van der Waals surface area contributed by atoms with Crippen LogP contribution in [0.15, 0.2) is 65.8 Å². The molecule has 28 heavy (non-hydrogen) atoms. The maximum absolute atomic E-state index is 4.77. The number of aromatic nitrogens is 1. The van der Waals surface area contributed by atoms with Gasteiger partial charge in [0.2, 0.25) is 0 Å². The Kier molecular flexibility index (Phi) is 4.20. The molecule has 0 N–H and O–H groups in total. The van der Waals surface area contributed by atoms with E-state index < -0.39 is 0 Å². The lowest BCUT2D eigenvalue weighted by atomic mass is 9.94. The SMILES string of the molecule is CC1=CC(C)C=Nc2ccc(-c3cccnc3-c3ccc4c(c3)CCC4)cc21. The second-order valence-electron chi connectivity index (χ2n) is 7.96. The van der Waals surface area contributed by atoms with E-state index in [-0.39, 0.29) is 0 Å². The second-order valence-corrected chi connectivity index (χ2v) is 7.96. The minimum atomic E-state index is 0.358. The Morgan fingerprint density at radius 1 is 0.893 bits per heavy atom. The van der Waals surface area contributed by atoms with E-state index in [4.69, 9.17) is 4.98 Å². The first-order valence-electron chi connectivity index (χ1n) is 10.1. The Hall–Kier alpha value is -3.00. The van der Waals surface area contributed by atoms with E-state index in [9.17, 15) is 0 Å². The van der Waals surface area contributed by atoms with Crippen molar-refractivity contribution in [2.24, 2.45) is 10.9 Å². The van der Waals surface area contributed by atoms with Crippen molar-refractivity contribution in [3.8, 4) is 22.4 Å². The van der Waals surface area contributed by atoms with Crippen LogP contribution >= 0.6 is 0 Å². The zero-order valence-electron chi connectivity index (χ0n) is 16.4. The summed E-state index contributed by atoms with van der Waals surface area (Å²) in [7, 11) is 0. The standard InChI is InChI=1S/C26H24N2/c1-17-13-18(2)24-15-21(10-11-25(24)28-16-17)23-7-4-12-27-26(23)22-9-8-19-5-3-6-20(19)14-22/h4,7-17H,3,5-6H2,1-2H3. The average Bonchev–Trinajstić information content (AvgIpc) is 3.14. The molecule has 1 atom stereocenters. The first-order chi connectivity index (χ1) is 13.7. The zero-order chi connectivity index (χ0) is 19.1. The van der Waals surface area contributed by atoms with E-state index in [1.165, 1.54) is 58.2 Å². The van der Waals surface area contributed by atoms with Crippen molar-refractivity contribution in [3.05, 3.63) is 77.5 Å². The Balaban J connectivity index is 1.63. The third-order valence-electron chi connectivity index (χ3n) is 5.87. The van der Waals surface area contributed by atoms with Gasteiger partial charge < -0.3 is 0 Å². The summed E-state index contributed by atoms with van der Waals surface area (Å²) in [5.74, 6) is 0.358.